The number of ether oxygens (including phenoxy) is 1. The molecule has 1 rings (SSSR count). The highest BCUT2D eigenvalue weighted by atomic mass is 16.5. The zero-order valence-corrected chi connectivity index (χ0v) is 17.2. The number of anilines is 1. The van der Waals surface area contributed by atoms with Gasteiger partial charge in [0.2, 0.25) is 0 Å². The third-order valence-corrected chi connectivity index (χ3v) is 4.22. The smallest absolute Gasteiger partial charge is 0.164 e. The molecule has 26 heavy (non-hydrogen) atoms. The molecule has 0 saturated heterocycles. The van der Waals surface area contributed by atoms with E-state index in [0.717, 1.165) is 11.3 Å². The lowest BCUT2D eigenvalue weighted by Crippen LogP contribution is -2.18. The Labute approximate surface area is 157 Å². The maximum absolute atomic E-state index is 12.8. The van der Waals surface area contributed by atoms with Gasteiger partial charge in [-0.3, -0.25) is 9.59 Å². The fourth-order valence-electron chi connectivity index (χ4n) is 2.75. The molecular formula is C21H33NO4. The number of methoxy groups -OCH3 is 1. The average Bonchev–Trinajstić information content (AvgIpc) is 2.64. The quantitative estimate of drug-likeness (QED) is 0.621. The van der Waals surface area contributed by atoms with Gasteiger partial charge in [-0.05, 0) is 32.8 Å². The largest absolute Gasteiger partial charge is 0.496 e. The molecule has 0 heterocycles. The van der Waals surface area contributed by atoms with E-state index in [0.29, 0.717) is 30.6 Å². The SMILES string of the molecule is CC.CCc1c(OC)cc(NC)cc1C(=O)CC(CCC(C)=O)C(C)=O. The van der Waals surface area contributed by atoms with E-state index in [-0.39, 0.29) is 23.8 Å². The lowest BCUT2D eigenvalue weighted by Gasteiger charge is -2.17. The fourth-order valence-corrected chi connectivity index (χ4v) is 2.75. The zero-order valence-electron chi connectivity index (χ0n) is 17.2. The Morgan fingerprint density at radius 1 is 1.15 bits per heavy atom. The molecule has 5 nitrogen and oxygen atoms in total. The number of hydrogen-bond acceptors (Lipinski definition) is 5. The molecule has 0 fully saturated rings. The summed E-state index contributed by atoms with van der Waals surface area (Å²) in [5, 5.41) is 3.02. The van der Waals surface area contributed by atoms with Crippen LogP contribution in [-0.2, 0) is 16.0 Å². The number of ketones is 3. The predicted molar refractivity (Wildman–Crippen MR) is 106 cm³/mol. The van der Waals surface area contributed by atoms with E-state index in [2.05, 4.69) is 5.32 Å². The van der Waals surface area contributed by atoms with Crippen LogP contribution in [0, 0.1) is 5.92 Å². The van der Waals surface area contributed by atoms with Crippen molar-refractivity contribution in [1.82, 2.24) is 0 Å². The maximum atomic E-state index is 12.8. The van der Waals surface area contributed by atoms with Gasteiger partial charge >= 0.3 is 0 Å². The molecule has 0 aromatic heterocycles. The van der Waals surface area contributed by atoms with Gasteiger partial charge in [0.1, 0.15) is 17.3 Å². The second kappa shape index (κ2) is 12.2. The van der Waals surface area contributed by atoms with Crippen molar-refractivity contribution < 1.29 is 19.1 Å². The molecule has 0 saturated carbocycles. The number of carbonyl (C=O) groups excluding carboxylic acids is 3. The van der Waals surface area contributed by atoms with E-state index in [1.165, 1.54) is 13.8 Å². The third-order valence-electron chi connectivity index (χ3n) is 4.22. The van der Waals surface area contributed by atoms with Gasteiger partial charge in [0.05, 0.1) is 7.11 Å². The standard InChI is InChI=1S/C19H27NO4.C2H6/c1-6-16-17(10-15(20-4)11-19(16)24-5)18(23)9-14(13(3)22)8-7-12(2)21;1-2/h10-11,14,20H,6-9H2,1-5H3;1-2H3. The Morgan fingerprint density at radius 2 is 1.77 bits per heavy atom. The number of carbonyl (C=O) groups is 3. The van der Waals surface area contributed by atoms with Gasteiger partial charge in [0.15, 0.2) is 5.78 Å². The molecule has 0 aliphatic carbocycles. The van der Waals surface area contributed by atoms with Crippen molar-refractivity contribution in [3.05, 3.63) is 23.3 Å². The lowest BCUT2D eigenvalue weighted by molar-refractivity contribution is -0.121. The molecule has 1 aromatic carbocycles. The number of nitrogens with one attached hydrogen (secondary N) is 1. The number of rotatable bonds is 10. The minimum atomic E-state index is -0.421. The van der Waals surface area contributed by atoms with Crippen LogP contribution in [0.4, 0.5) is 5.69 Å². The number of benzene rings is 1. The fraction of sp³-hybridized carbons (Fsp3) is 0.571. The molecule has 0 aliphatic heterocycles. The summed E-state index contributed by atoms with van der Waals surface area (Å²) in [6.45, 7) is 8.94. The Morgan fingerprint density at radius 3 is 2.19 bits per heavy atom. The number of hydrogen-bond donors (Lipinski definition) is 1. The highest BCUT2D eigenvalue weighted by Crippen LogP contribution is 2.30. The van der Waals surface area contributed by atoms with E-state index in [1.54, 1.807) is 20.2 Å². The minimum Gasteiger partial charge on any atom is -0.496 e. The topological polar surface area (TPSA) is 72.5 Å². The van der Waals surface area contributed by atoms with E-state index in [9.17, 15) is 14.4 Å². The van der Waals surface area contributed by atoms with E-state index in [4.69, 9.17) is 4.74 Å². The predicted octanol–water partition coefficient (Wildman–Crippen LogP) is 4.47. The van der Waals surface area contributed by atoms with Crippen molar-refractivity contribution in [2.24, 2.45) is 5.92 Å². The Bertz CT molecular complexity index is 623. The summed E-state index contributed by atoms with van der Waals surface area (Å²) in [6, 6.07) is 3.65. The van der Waals surface area contributed by atoms with Crippen molar-refractivity contribution in [3.8, 4) is 5.75 Å². The van der Waals surface area contributed by atoms with Crippen LogP contribution in [0.15, 0.2) is 12.1 Å². The minimum absolute atomic E-state index is 0.0294. The van der Waals surface area contributed by atoms with Crippen molar-refractivity contribution in [2.75, 3.05) is 19.5 Å². The molecule has 146 valence electrons. The molecule has 0 amide bonds. The first-order valence-electron chi connectivity index (χ1n) is 9.25. The molecule has 1 N–H and O–H groups in total. The van der Waals surface area contributed by atoms with Crippen LogP contribution in [-0.4, -0.2) is 31.5 Å². The zero-order chi connectivity index (χ0) is 20.3. The van der Waals surface area contributed by atoms with Crippen molar-refractivity contribution in [1.29, 1.82) is 0 Å². The van der Waals surface area contributed by atoms with Gasteiger partial charge in [-0.1, -0.05) is 20.8 Å². The number of Topliss-reactive ketones (excluding diaryl/α,β-unsaturated/α-hetero) is 3. The van der Waals surface area contributed by atoms with Crippen molar-refractivity contribution >= 4 is 23.0 Å². The van der Waals surface area contributed by atoms with Crippen LogP contribution < -0.4 is 10.1 Å². The van der Waals surface area contributed by atoms with E-state index in [1.807, 2.05) is 26.8 Å². The van der Waals surface area contributed by atoms with Gasteiger partial charge in [-0.15, -0.1) is 0 Å². The highest BCUT2D eigenvalue weighted by Gasteiger charge is 2.23. The van der Waals surface area contributed by atoms with Crippen LogP contribution in [0.25, 0.3) is 0 Å². The molecule has 0 bridgehead atoms. The Kier molecular flexibility index (Phi) is 11.2. The summed E-state index contributed by atoms with van der Waals surface area (Å²) in [5.74, 6) is 0.123. The molecule has 1 atom stereocenters. The van der Waals surface area contributed by atoms with Gasteiger partial charge in [0.25, 0.3) is 0 Å². The summed E-state index contributed by atoms with van der Waals surface area (Å²) >= 11 is 0. The monoisotopic (exact) mass is 363 g/mol. The first-order chi connectivity index (χ1) is 12.3. The molecule has 1 aromatic rings. The summed E-state index contributed by atoms with van der Waals surface area (Å²) in [5.41, 5.74) is 2.21. The average molecular weight is 363 g/mol. The summed E-state index contributed by atoms with van der Waals surface area (Å²) in [7, 11) is 3.35. The molecule has 0 aliphatic rings. The first kappa shape index (κ1) is 23.8. The summed E-state index contributed by atoms with van der Waals surface area (Å²) < 4.78 is 5.40. The summed E-state index contributed by atoms with van der Waals surface area (Å²) in [4.78, 5) is 35.8. The first-order valence-corrected chi connectivity index (χ1v) is 9.25. The van der Waals surface area contributed by atoms with Crippen molar-refractivity contribution in [2.45, 2.75) is 60.3 Å². The summed E-state index contributed by atoms with van der Waals surface area (Å²) in [6.07, 6.45) is 1.51. The van der Waals surface area contributed by atoms with Crippen LogP contribution in [0.3, 0.4) is 0 Å². The highest BCUT2D eigenvalue weighted by molar-refractivity contribution is 6.01. The van der Waals surface area contributed by atoms with Gasteiger partial charge in [-0.25, -0.2) is 0 Å². The molecule has 1 unspecified atom stereocenters. The van der Waals surface area contributed by atoms with Crippen LogP contribution in [0.1, 0.15) is 69.8 Å². The van der Waals surface area contributed by atoms with Crippen LogP contribution in [0.5, 0.6) is 5.75 Å². The van der Waals surface area contributed by atoms with Gasteiger partial charge in [0, 0.05) is 48.7 Å². The van der Waals surface area contributed by atoms with E-state index < -0.39 is 5.92 Å². The van der Waals surface area contributed by atoms with Gasteiger partial charge < -0.3 is 14.8 Å². The molecule has 0 spiro atoms. The van der Waals surface area contributed by atoms with Gasteiger partial charge in [-0.2, -0.15) is 0 Å². The molecular weight excluding hydrogens is 330 g/mol. The Hall–Kier alpha value is -2.17. The second-order valence-corrected chi connectivity index (χ2v) is 5.98. The second-order valence-electron chi connectivity index (χ2n) is 5.98. The Balaban J connectivity index is 0.00000301. The molecule has 5 heteroatoms. The maximum Gasteiger partial charge on any atom is 0.164 e. The third kappa shape index (κ3) is 6.98. The normalized spacial score (nSPS) is 11.0. The lowest BCUT2D eigenvalue weighted by atomic mass is 9.88. The van der Waals surface area contributed by atoms with Crippen LogP contribution >= 0.6 is 0 Å². The van der Waals surface area contributed by atoms with E-state index >= 15 is 0 Å². The molecule has 0 radical (unpaired) electrons. The van der Waals surface area contributed by atoms with Crippen LogP contribution in [0.2, 0.25) is 0 Å². The van der Waals surface area contributed by atoms with Crippen molar-refractivity contribution in [3.63, 3.8) is 0 Å².